The van der Waals surface area contributed by atoms with Gasteiger partial charge in [-0.2, -0.15) is 0 Å². The Balaban J connectivity index is 1.80. The van der Waals surface area contributed by atoms with Crippen molar-refractivity contribution in [3.8, 4) is 0 Å². The summed E-state index contributed by atoms with van der Waals surface area (Å²) >= 11 is 6.04. The third-order valence-electron chi connectivity index (χ3n) is 3.78. The maximum Gasteiger partial charge on any atom is 0.240 e. The molecule has 2 aromatic carbocycles. The molecule has 0 spiro atoms. The van der Waals surface area contributed by atoms with Crippen LogP contribution in [0.1, 0.15) is 5.56 Å². The number of rotatable bonds is 6. The molecule has 9 heteroatoms. The van der Waals surface area contributed by atoms with Crippen LogP contribution in [-0.2, 0) is 10.0 Å². The van der Waals surface area contributed by atoms with Gasteiger partial charge in [0.05, 0.1) is 4.90 Å². The van der Waals surface area contributed by atoms with Gasteiger partial charge in [-0.15, -0.1) is 0 Å². The first-order valence-corrected chi connectivity index (χ1v) is 9.89. The molecule has 0 unspecified atom stereocenters. The number of aryl methyl sites for hydroxylation is 1. The molecular weight excluding hydrogens is 386 g/mol. The molecule has 27 heavy (non-hydrogen) atoms. The van der Waals surface area contributed by atoms with E-state index in [1.54, 1.807) is 18.2 Å². The minimum Gasteiger partial charge on any atom is -0.340 e. The SMILES string of the molecule is CNS(=O)(=O)c1cccc(Nc2cc(Nc3ccc(Cl)c(C)c3)ncn2)c1. The van der Waals surface area contributed by atoms with Crippen molar-refractivity contribution in [1.29, 1.82) is 0 Å². The Morgan fingerprint density at radius 2 is 1.59 bits per heavy atom. The molecule has 0 bridgehead atoms. The Hall–Kier alpha value is -2.68. The summed E-state index contributed by atoms with van der Waals surface area (Å²) in [6.45, 7) is 1.92. The first kappa shape index (κ1) is 19.1. The zero-order valence-electron chi connectivity index (χ0n) is 14.7. The predicted octanol–water partition coefficient (Wildman–Crippen LogP) is 3.83. The second-order valence-corrected chi connectivity index (χ2v) is 8.03. The third kappa shape index (κ3) is 4.73. The van der Waals surface area contributed by atoms with Crippen LogP contribution in [0.15, 0.2) is 59.8 Å². The maximum absolute atomic E-state index is 11.9. The van der Waals surface area contributed by atoms with Gasteiger partial charge in [-0.25, -0.2) is 23.1 Å². The first-order valence-electron chi connectivity index (χ1n) is 8.03. The van der Waals surface area contributed by atoms with Crippen molar-refractivity contribution in [1.82, 2.24) is 14.7 Å². The lowest BCUT2D eigenvalue weighted by molar-refractivity contribution is 0.588. The lowest BCUT2D eigenvalue weighted by Crippen LogP contribution is -2.18. The van der Waals surface area contributed by atoms with Crippen LogP contribution in [0.5, 0.6) is 0 Å². The van der Waals surface area contributed by atoms with Crippen molar-refractivity contribution in [2.24, 2.45) is 0 Å². The van der Waals surface area contributed by atoms with Gasteiger partial charge < -0.3 is 10.6 Å². The smallest absolute Gasteiger partial charge is 0.240 e. The molecular formula is C18H18ClN5O2S. The predicted molar refractivity (Wildman–Crippen MR) is 107 cm³/mol. The normalized spacial score (nSPS) is 11.2. The molecule has 3 N–H and O–H groups in total. The molecule has 0 aliphatic heterocycles. The quantitative estimate of drug-likeness (QED) is 0.578. The fourth-order valence-corrected chi connectivity index (χ4v) is 3.26. The molecule has 0 amide bonds. The number of halogens is 1. The van der Waals surface area contributed by atoms with E-state index in [0.717, 1.165) is 11.3 Å². The Morgan fingerprint density at radius 1 is 0.926 bits per heavy atom. The Kier molecular flexibility index (Phi) is 5.59. The Morgan fingerprint density at radius 3 is 2.22 bits per heavy atom. The van der Waals surface area contributed by atoms with E-state index in [1.807, 2.05) is 25.1 Å². The molecule has 0 saturated heterocycles. The molecule has 3 rings (SSSR count). The van der Waals surface area contributed by atoms with Crippen LogP contribution in [0.25, 0.3) is 0 Å². The number of aromatic nitrogens is 2. The average molecular weight is 404 g/mol. The molecule has 0 fully saturated rings. The number of hydrogen-bond acceptors (Lipinski definition) is 6. The van der Waals surface area contributed by atoms with Gasteiger partial charge in [0.15, 0.2) is 0 Å². The molecule has 3 aromatic rings. The van der Waals surface area contributed by atoms with Gasteiger partial charge in [0.1, 0.15) is 18.0 Å². The van der Waals surface area contributed by atoms with Gasteiger partial charge in [0.25, 0.3) is 0 Å². The minimum atomic E-state index is -3.52. The molecule has 0 radical (unpaired) electrons. The van der Waals surface area contributed by atoms with Crippen LogP contribution in [0.3, 0.4) is 0 Å². The number of sulfonamides is 1. The van der Waals surface area contributed by atoms with Crippen molar-refractivity contribution in [2.75, 3.05) is 17.7 Å². The van der Waals surface area contributed by atoms with E-state index >= 15 is 0 Å². The number of hydrogen-bond donors (Lipinski definition) is 3. The highest BCUT2D eigenvalue weighted by Gasteiger charge is 2.11. The summed E-state index contributed by atoms with van der Waals surface area (Å²) in [4.78, 5) is 8.53. The van der Waals surface area contributed by atoms with Crippen LogP contribution in [-0.4, -0.2) is 25.4 Å². The van der Waals surface area contributed by atoms with Crippen LogP contribution >= 0.6 is 11.6 Å². The van der Waals surface area contributed by atoms with E-state index in [9.17, 15) is 8.42 Å². The van der Waals surface area contributed by atoms with Crippen molar-refractivity contribution in [3.05, 3.63) is 65.4 Å². The summed E-state index contributed by atoms with van der Waals surface area (Å²) in [5.41, 5.74) is 2.40. The van der Waals surface area contributed by atoms with Crippen molar-refractivity contribution in [2.45, 2.75) is 11.8 Å². The molecule has 7 nitrogen and oxygen atoms in total. The standard InChI is InChI=1S/C18H18ClN5O2S/c1-12-8-14(6-7-16(12)19)24-18-10-17(21-11-22-18)23-13-4-3-5-15(9-13)27(25,26)20-2/h3-11,20H,1-2H3,(H2,21,22,23,24). The molecule has 0 saturated carbocycles. The van der Waals surface area contributed by atoms with Crippen molar-refractivity contribution >= 4 is 44.6 Å². The van der Waals surface area contributed by atoms with Gasteiger partial charge in [0, 0.05) is 22.5 Å². The van der Waals surface area contributed by atoms with Crippen molar-refractivity contribution in [3.63, 3.8) is 0 Å². The number of nitrogens with one attached hydrogen (secondary N) is 3. The zero-order valence-corrected chi connectivity index (χ0v) is 16.3. The van der Waals surface area contributed by atoms with Crippen LogP contribution < -0.4 is 15.4 Å². The second kappa shape index (κ2) is 7.91. The highest BCUT2D eigenvalue weighted by Crippen LogP contribution is 2.24. The fourth-order valence-electron chi connectivity index (χ4n) is 2.37. The number of benzene rings is 2. The maximum atomic E-state index is 11.9. The molecule has 1 heterocycles. The van der Waals surface area contributed by atoms with Crippen LogP contribution in [0, 0.1) is 6.92 Å². The Bertz CT molecular complexity index is 1070. The largest absolute Gasteiger partial charge is 0.340 e. The van der Waals surface area contributed by atoms with Crippen LogP contribution in [0.2, 0.25) is 5.02 Å². The van der Waals surface area contributed by atoms with Gasteiger partial charge >= 0.3 is 0 Å². The topological polar surface area (TPSA) is 96.0 Å². The van der Waals surface area contributed by atoms with Gasteiger partial charge in [-0.1, -0.05) is 17.7 Å². The van der Waals surface area contributed by atoms with E-state index in [1.165, 1.54) is 25.5 Å². The minimum absolute atomic E-state index is 0.166. The molecule has 140 valence electrons. The molecule has 0 atom stereocenters. The lowest BCUT2D eigenvalue weighted by Gasteiger charge is -2.10. The van der Waals surface area contributed by atoms with E-state index < -0.39 is 10.0 Å². The fraction of sp³-hybridized carbons (Fsp3) is 0.111. The highest BCUT2D eigenvalue weighted by atomic mass is 35.5. The number of nitrogens with zero attached hydrogens (tertiary/aromatic N) is 2. The molecule has 0 aliphatic carbocycles. The first-order chi connectivity index (χ1) is 12.9. The van der Waals surface area contributed by atoms with Crippen LogP contribution in [0.4, 0.5) is 23.0 Å². The van der Waals surface area contributed by atoms with E-state index in [4.69, 9.17) is 11.6 Å². The zero-order chi connectivity index (χ0) is 19.4. The van der Waals surface area contributed by atoms with Crippen molar-refractivity contribution < 1.29 is 8.42 Å². The van der Waals surface area contributed by atoms with E-state index in [0.29, 0.717) is 22.3 Å². The van der Waals surface area contributed by atoms with Gasteiger partial charge in [-0.3, -0.25) is 0 Å². The summed E-state index contributed by atoms with van der Waals surface area (Å²) in [5, 5.41) is 6.97. The molecule has 0 aliphatic rings. The monoisotopic (exact) mass is 403 g/mol. The summed E-state index contributed by atoms with van der Waals surface area (Å²) in [6, 6.07) is 13.8. The van der Waals surface area contributed by atoms with E-state index in [-0.39, 0.29) is 4.90 Å². The molecule has 1 aromatic heterocycles. The second-order valence-electron chi connectivity index (χ2n) is 5.74. The summed E-state index contributed by atoms with van der Waals surface area (Å²) in [7, 11) is -2.14. The summed E-state index contributed by atoms with van der Waals surface area (Å²) < 4.78 is 26.2. The third-order valence-corrected chi connectivity index (χ3v) is 5.62. The lowest BCUT2D eigenvalue weighted by atomic mass is 10.2. The van der Waals surface area contributed by atoms with Gasteiger partial charge in [0.2, 0.25) is 10.0 Å². The highest BCUT2D eigenvalue weighted by molar-refractivity contribution is 7.89. The summed E-state index contributed by atoms with van der Waals surface area (Å²) in [5.74, 6) is 1.12. The van der Waals surface area contributed by atoms with Gasteiger partial charge in [-0.05, 0) is 55.9 Å². The Labute approximate surface area is 162 Å². The average Bonchev–Trinajstić information content (AvgIpc) is 2.65. The number of anilines is 4. The van der Waals surface area contributed by atoms with E-state index in [2.05, 4.69) is 25.3 Å². The summed E-state index contributed by atoms with van der Waals surface area (Å²) in [6.07, 6.45) is 1.42.